The molecule has 1 aliphatic carbocycles. The normalized spacial score (nSPS) is 20.6. The third-order valence-electron chi connectivity index (χ3n) is 4.92. The number of nitrogens with one attached hydrogen (secondary N) is 1. The van der Waals surface area contributed by atoms with Crippen LogP contribution in [0.1, 0.15) is 57.2 Å². The number of likely N-dealkylation sites (tertiary alicyclic amines) is 1. The Kier molecular flexibility index (Phi) is 6.67. The lowest BCUT2D eigenvalue weighted by atomic mass is 9.73. The molecule has 0 radical (unpaired) electrons. The molecule has 2 heterocycles. The molecule has 0 bridgehead atoms. The SMILES string of the molecule is CCNC(=NCc1nc(C)no1)N1CCC2(CCCCC2)C1.I. The Morgan fingerprint density at radius 1 is 1.30 bits per heavy atom. The Bertz CT molecular complexity index is 524. The molecule has 23 heavy (non-hydrogen) atoms. The molecule has 130 valence electrons. The van der Waals surface area contributed by atoms with Gasteiger partial charge in [0.25, 0.3) is 0 Å². The van der Waals surface area contributed by atoms with Gasteiger partial charge >= 0.3 is 0 Å². The summed E-state index contributed by atoms with van der Waals surface area (Å²) < 4.78 is 5.15. The molecule has 1 saturated heterocycles. The van der Waals surface area contributed by atoms with E-state index in [2.05, 4.69) is 27.3 Å². The van der Waals surface area contributed by atoms with E-state index in [-0.39, 0.29) is 24.0 Å². The minimum absolute atomic E-state index is 0. The zero-order valence-corrected chi connectivity index (χ0v) is 16.5. The van der Waals surface area contributed by atoms with E-state index in [1.807, 2.05) is 6.92 Å². The van der Waals surface area contributed by atoms with Crippen LogP contribution in [0.3, 0.4) is 0 Å². The quantitative estimate of drug-likeness (QED) is 0.451. The van der Waals surface area contributed by atoms with E-state index in [0.29, 0.717) is 23.7 Å². The molecule has 0 amide bonds. The molecule has 2 aliphatic rings. The lowest BCUT2D eigenvalue weighted by molar-refractivity contribution is 0.203. The highest BCUT2D eigenvalue weighted by Crippen LogP contribution is 2.43. The molecule has 3 rings (SSSR count). The third-order valence-corrected chi connectivity index (χ3v) is 4.92. The lowest BCUT2D eigenvalue weighted by Gasteiger charge is -2.33. The Hall–Kier alpha value is -0.860. The zero-order valence-electron chi connectivity index (χ0n) is 14.2. The fourth-order valence-electron chi connectivity index (χ4n) is 3.80. The van der Waals surface area contributed by atoms with Gasteiger partial charge in [-0.2, -0.15) is 4.98 Å². The molecule has 1 aromatic heterocycles. The summed E-state index contributed by atoms with van der Waals surface area (Å²) in [4.78, 5) is 11.3. The summed E-state index contributed by atoms with van der Waals surface area (Å²) in [6, 6.07) is 0. The Morgan fingerprint density at radius 2 is 2.09 bits per heavy atom. The minimum atomic E-state index is 0. The number of hydrogen-bond donors (Lipinski definition) is 1. The Balaban J connectivity index is 0.00000192. The van der Waals surface area contributed by atoms with Crippen LogP contribution in [-0.2, 0) is 6.54 Å². The van der Waals surface area contributed by atoms with Gasteiger partial charge in [-0.1, -0.05) is 24.4 Å². The van der Waals surface area contributed by atoms with Crippen molar-refractivity contribution in [1.82, 2.24) is 20.4 Å². The highest BCUT2D eigenvalue weighted by atomic mass is 127. The number of hydrogen-bond acceptors (Lipinski definition) is 4. The Labute approximate surface area is 155 Å². The van der Waals surface area contributed by atoms with Crippen LogP contribution in [0.15, 0.2) is 9.52 Å². The predicted molar refractivity (Wildman–Crippen MR) is 101 cm³/mol. The molecule has 7 heteroatoms. The second-order valence-corrected chi connectivity index (χ2v) is 6.64. The van der Waals surface area contributed by atoms with Gasteiger partial charge in [-0.05, 0) is 38.5 Å². The molecule has 0 aromatic carbocycles. The highest BCUT2D eigenvalue weighted by molar-refractivity contribution is 14.0. The van der Waals surface area contributed by atoms with E-state index in [9.17, 15) is 0 Å². The summed E-state index contributed by atoms with van der Waals surface area (Å²) in [5, 5.41) is 7.23. The van der Waals surface area contributed by atoms with Gasteiger partial charge in [0, 0.05) is 19.6 Å². The second-order valence-electron chi connectivity index (χ2n) is 6.64. The smallest absolute Gasteiger partial charge is 0.248 e. The number of guanidine groups is 1. The van der Waals surface area contributed by atoms with Crippen LogP contribution in [0.4, 0.5) is 0 Å². The molecular weight excluding hydrogens is 405 g/mol. The summed E-state index contributed by atoms with van der Waals surface area (Å²) in [5.74, 6) is 2.23. The predicted octanol–water partition coefficient (Wildman–Crippen LogP) is 3.12. The van der Waals surface area contributed by atoms with Crippen LogP contribution in [0.5, 0.6) is 0 Å². The van der Waals surface area contributed by atoms with Gasteiger partial charge in [0.1, 0.15) is 6.54 Å². The number of aliphatic imine (C=N–C) groups is 1. The molecule has 0 atom stereocenters. The molecule has 1 aliphatic heterocycles. The van der Waals surface area contributed by atoms with E-state index in [1.165, 1.54) is 38.5 Å². The first kappa shape index (κ1) is 18.5. The van der Waals surface area contributed by atoms with Crippen molar-refractivity contribution in [2.24, 2.45) is 10.4 Å². The fraction of sp³-hybridized carbons (Fsp3) is 0.812. The van der Waals surface area contributed by atoms with Crippen LogP contribution in [-0.4, -0.2) is 40.6 Å². The van der Waals surface area contributed by atoms with E-state index in [0.717, 1.165) is 25.6 Å². The Morgan fingerprint density at radius 3 is 2.74 bits per heavy atom. The molecule has 1 N–H and O–H groups in total. The maximum atomic E-state index is 5.15. The van der Waals surface area contributed by atoms with Crippen molar-refractivity contribution >= 4 is 29.9 Å². The first-order chi connectivity index (χ1) is 10.7. The average molecular weight is 433 g/mol. The van der Waals surface area contributed by atoms with Gasteiger partial charge in [0.05, 0.1) is 0 Å². The van der Waals surface area contributed by atoms with E-state index >= 15 is 0 Å². The van der Waals surface area contributed by atoms with Crippen LogP contribution in [0.25, 0.3) is 0 Å². The van der Waals surface area contributed by atoms with Crippen molar-refractivity contribution in [2.45, 2.75) is 58.9 Å². The molecule has 1 aromatic rings. The largest absolute Gasteiger partial charge is 0.357 e. The molecule has 0 unspecified atom stereocenters. The van der Waals surface area contributed by atoms with Crippen molar-refractivity contribution in [3.8, 4) is 0 Å². The average Bonchev–Trinajstić information content (AvgIpc) is 3.11. The van der Waals surface area contributed by atoms with Crippen molar-refractivity contribution in [3.63, 3.8) is 0 Å². The monoisotopic (exact) mass is 433 g/mol. The third kappa shape index (κ3) is 4.58. The van der Waals surface area contributed by atoms with E-state index < -0.39 is 0 Å². The molecule has 1 saturated carbocycles. The van der Waals surface area contributed by atoms with Crippen LogP contribution in [0.2, 0.25) is 0 Å². The number of halogens is 1. The van der Waals surface area contributed by atoms with Gasteiger partial charge < -0.3 is 14.7 Å². The van der Waals surface area contributed by atoms with Crippen LogP contribution in [0, 0.1) is 12.3 Å². The van der Waals surface area contributed by atoms with Crippen molar-refractivity contribution < 1.29 is 4.52 Å². The topological polar surface area (TPSA) is 66.5 Å². The van der Waals surface area contributed by atoms with Gasteiger partial charge in [-0.15, -0.1) is 24.0 Å². The van der Waals surface area contributed by atoms with Crippen molar-refractivity contribution in [1.29, 1.82) is 0 Å². The zero-order chi connectivity index (χ0) is 15.4. The first-order valence-electron chi connectivity index (χ1n) is 8.53. The molecule has 6 nitrogen and oxygen atoms in total. The minimum Gasteiger partial charge on any atom is -0.357 e. The number of aromatic nitrogens is 2. The summed E-state index contributed by atoms with van der Waals surface area (Å²) in [6.07, 6.45) is 8.26. The van der Waals surface area contributed by atoms with Gasteiger partial charge in [0.15, 0.2) is 11.8 Å². The fourth-order valence-corrected chi connectivity index (χ4v) is 3.80. The first-order valence-corrected chi connectivity index (χ1v) is 8.53. The molecular formula is C16H28IN5O. The van der Waals surface area contributed by atoms with Crippen LogP contribution >= 0.6 is 24.0 Å². The lowest BCUT2D eigenvalue weighted by Crippen LogP contribution is -2.41. The summed E-state index contributed by atoms with van der Waals surface area (Å²) in [6.45, 7) is 7.52. The number of aryl methyl sites for hydroxylation is 1. The van der Waals surface area contributed by atoms with E-state index in [1.54, 1.807) is 0 Å². The van der Waals surface area contributed by atoms with Crippen molar-refractivity contribution in [2.75, 3.05) is 19.6 Å². The van der Waals surface area contributed by atoms with Crippen LogP contribution < -0.4 is 5.32 Å². The maximum absolute atomic E-state index is 5.15. The van der Waals surface area contributed by atoms with E-state index in [4.69, 9.17) is 9.52 Å². The summed E-state index contributed by atoms with van der Waals surface area (Å²) in [5.41, 5.74) is 0.537. The number of nitrogens with zero attached hydrogens (tertiary/aromatic N) is 4. The molecule has 2 fully saturated rings. The highest BCUT2D eigenvalue weighted by Gasteiger charge is 2.39. The number of rotatable bonds is 3. The second kappa shape index (κ2) is 8.30. The van der Waals surface area contributed by atoms with Crippen molar-refractivity contribution in [3.05, 3.63) is 11.7 Å². The molecule has 1 spiro atoms. The van der Waals surface area contributed by atoms with Gasteiger partial charge in [0.2, 0.25) is 5.89 Å². The summed E-state index contributed by atoms with van der Waals surface area (Å²) in [7, 11) is 0. The van der Waals surface area contributed by atoms with Gasteiger partial charge in [-0.3, -0.25) is 0 Å². The van der Waals surface area contributed by atoms with Gasteiger partial charge in [-0.25, -0.2) is 4.99 Å². The summed E-state index contributed by atoms with van der Waals surface area (Å²) >= 11 is 0. The maximum Gasteiger partial charge on any atom is 0.248 e. The standard InChI is InChI=1S/C16H27N5O.HI/c1-3-17-15(18-11-14-19-13(2)20-22-14)21-10-9-16(12-21)7-5-4-6-8-16;/h3-12H2,1-2H3,(H,17,18);1H.